The first-order valence-corrected chi connectivity index (χ1v) is 7.27. The number of rotatable bonds is 4. The SMILES string of the molecule is CNc1ccc(COc2ccc(C(C)(C)C)cc2C)cn1. The van der Waals surface area contributed by atoms with Crippen molar-refractivity contribution in [2.75, 3.05) is 12.4 Å². The minimum Gasteiger partial charge on any atom is -0.489 e. The first kappa shape index (κ1) is 15.4. The molecule has 0 saturated carbocycles. The Bertz CT molecular complexity index is 598. The van der Waals surface area contributed by atoms with Crippen molar-refractivity contribution in [3.8, 4) is 5.75 Å². The van der Waals surface area contributed by atoms with Crippen LogP contribution in [-0.4, -0.2) is 12.0 Å². The molecule has 0 spiro atoms. The van der Waals surface area contributed by atoms with Gasteiger partial charge < -0.3 is 10.1 Å². The maximum absolute atomic E-state index is 5.90. The zero-order valence-electron chi connectivity index (χ0n) is 13.5. The van der Waals surface area contributed by atoms with Crippen molar-refractivity contribution in [2.24, 2.45) is 0 Å². The highest BCUT2D eigenvalue weighted by atomic mass is 16.5. The number of pyridine rings is 1. The summed E-state index contributed by atoms with van der Waals surface area (Å²) in [5.74, 6) is 1.80. The second-order valence-electron chi connectivity index (χ2n) is 6.32. The van der Waals surface area contributed by atoms with Crippen molar-refractivity contribution in [1.29, 1.82) is 0 Å². The van der Waals surface area contributed by atoms with Crippen molar-refractivity contribution in [2.45, 2.75) is 39.7 Å². The summed E-state index contributed by atoms with van der Waals surface area (Å²) >= 11 is 0. The summed E-state index contributed by atoms with van der Waals surface area (Å²) in [6, 6.07) is 10.4. The lowest BCUT2D eigenvalue weighted by atomic mass is 9.86. The monoisotopic (exact) mass is 284 g/mol. The molecule has 2 rings (SSSR count). The quantitative estimate of drug-likeness (QED) is 0.908. The summed E-state index contributed by atoms with van der Waals surface area (Å²) in [7, 11) is 1.86. The third kappa shape index (κ3) is 3.97. The largest absolute Gasteiger partial charge is 0.489 e. The van der Waals surface area contributed by atoms with Gasteiger partial charge in [0.1, 0.15) is 18.2 Å². The Morgan fingerprint density at radius 3 is 2.43 bits per heavy atom. The lowest BCUT2D eigenvalue weighted by Gasteiger charge is -2.20. The van der Waals surface area contributed by atoms with Gasteiger partial charge in [-0.1, -0.05) is 39.0 Å². The minimum absolute atomic E-state index is 0.163. The molecular formula is C18H24N2O. The van der Waals surface area contributed by atoms with Gasteiger partial charge in [0.15, 0.2) is 0 Å². The first-order valence-electron chi connectivity index (χ1n) is 7.27. The minimum atomic E-state index is 0.163. The number of hydrogen-bond acceptors (Lipinski definition) is 3. The van der Waals surface area contributed by atoms with E-state index in [1.54, 1.807) is 0 Å². The molecule has 21 heavy (non-hydrogen) atoms. The summed E-state index contributed by atoms with van der Waals surface area (Å²) in [6.45, 7) is 9.28. The fraction of sp³-hybridized carbons (Fsp3) is 0.389. The van der Waals surface area contributed by atoms with Gasteiger partial charge in [-0.3, -0.25) is 0 Å². The predicted octanol–water partition coefficient (Wildman–Crippen LogP) is 4.31. The third-order valence-corrected chi connectivity index (χ3v) is 3.52. The fourth-order valence-electron chi connectivity index (χ4n) is 2.10. The van der Waals surface area contributed by atoms with Crippen LogP contribution in [0, 0.1) is 6.92 Å². The van der Waals surface area contributed by atoms with E-state index in [2.05, 4.69) is 56.2 Å². The van der Waals surface area contributed by atoms with Gasteiger partial charge in [0.2, 0.25) is 0 Å². The number of anilines is 1. The van der Waals surface area contributed by atoms with Crippen LogP contribution in [0.2, 0.25) is 0 Å². The standard InChI is InChI=1S/C18H24N2O/c1-13-10-15(18(2,3)4)7-8-16(13)21-12-14-6-9-17(19-5)20-11-14/h6-11H,12H2,1-5H3,(H,19,20). The van der Waals surface area contributed by atoms with Crippen LogP contribution in [0.4, 0.5) is 5.82 Å². The van der Waals surface area contributed by atoms with Gasteiger partial charge in [-0.15, -0.1) is 0 Å². The Morgan fingerprint density at radius 2 is 1.90 bits per heavy atom. The van der Waals surface area contributed by atoms with Gasteiger partial charge in [-0.2, -0.15) is 0 Å². The van der Waals surface area contributed by atoms with Gasteiger partial charge in [0.25, 0.3) is 0 Å². The number of ether oxygens (including phenoxy) is 1. The number of hydrogen-bond donors (Lipinski definition) is 1. The second-order valence-corrected chi connectivity index (χ2v) is 6.32. The average molecular weight is 284 g/mol. The van der Waals surface area contributed by atoms with E-state index < -0.39 is 0 Å². The Hall–Kier alpha value is -2.03. The predicted molar refractivity (Wildman–Crippen MR) is 88.0 cm³/mol. The van der Waals surface area contributed by atoms with E-state index in [0.717, 1.165) is 17.1 Å². The maximum atomic E-state index is 5.90. The van der Waals surface area contributed by atoms with Crippen molar-refractivity contribution < 1.29 is 4.74 Å². The summed E-state index contributed by atoms with van der Waals surface area (Å²) in [5.41, 5.74) is 3.72. The second kappa shape index (κ2) is 6.17. The number of nitrogens with zero attached hydrogens (tertiary/aromatic N) is 1. The maximum Gasteiger partial charge on any atom is 0.125 e. The van der Waals surface area contributed by atoms with E-state index >= 15 is 0 Å². The van der Waals surface area contributed by atoms with E-state index in [0.29, 0.717) is 6.61 Å². The van der Waals surface area contributed by atoms with E-state index in [-0.39, 0.29) is 5.41 Å². The summed E-state index contributed by atoms with van der Waals surface area (Å²) in [5, 5.41) is 3.01. The third-order valence-electron chi connectivity index (χ3n) is 3.52. The zero-order valence-corrected chi connectivity index (χ0v) is 13.5. The molecule has 1 aromatic carbocycles. The van der Waals surface area contributed by atoms with Crippen molar-refractivity contribution in [3.63, 3.8) is 0 Å². The molecule has 0 radical (unpaired) electrons. The highest BCUT2D eigenvalue weighted by Gasteiger charge is 2.14. The molecule has 112 valence electrons. The molecule has 2 aromatic rings. The lowest BCUT2D eigenvalue weighted by molar-refractivity contribution is 0.303. The normalized spacial score (nSPS) is 11.3. The van der Waals surface area contributed by atoms with E-state index in [9.17, 15) is 0 Å². The first-order chi connectivity index (χ1) is 9.90. The van der Waals surface area contributed by atoms with Gasteiger partial charge in [0, 0.05) is 18.8 Å². The van der Waals surface area contributed by atoms with Crippen LogP contribution in [-0.2, 0) is 12.0 Å². The molecule has 0 aliphatic rings. The number of benzene rings is 1. The molecule has 0 bridgehead atoms. The van der Waals surface area contributed by atoms with Gasteiger partial charge in [-0.05, 0) is 35.6 Å². The highest BCUT2D eigenvalue weighted by Crippen LogP contribution is 2.27. The molecule has 1 N–H and O–H groups in total. The molecule has 1 aromatic heterocycles. The summed E-state index contributed by atoms with van der Waals surface area (Å²) in [4.78, 5) is 4.29. The lowest BCUT2D eigenvalue weighted by Crippen LogP contribution is -2.11. The molecular weight excluding hydrogens is 260 g/mol. The van der Waals surface area contributed by atoms with Crippen LogP contribution in [0.1, 0.15) is 37.5 Å². The fourth-order valence-corrected chi connectivity index (χ4v) is 2.10. The van der Waals surface area contributed by atoms with Crippen LogP contribution in [0.15, 0.2) is 36.5 Å². The zero-order chi connectivity index (χ0) is 15.5. The molecule has 0 saturated heterocycles. The van der Waals surface area contributed by atoms with E-state index in [4.69, 9.17) is 4.74 Å². The highest BCUT2D eigenvalue weighted by molar-refractivity contribution is 5.39. The Balaban J connectivity index is 2.06. The Labute approximate surface area is 127 Å². The molecule has 3 heteroatoms. The molecule has 0 fully saturated rings. The molecule has 0 amide bonds. The van der Waals surface area contributed by atoms with Crippen molar-refractivity contribution in [3.05, 3.63) is 53.2 Å². The van der Waals surface area contributed by atoms with Gasteiger partial charge in [0.05, 0.1) is 0 Å². The number of aryl methyl sites for hydroxylation is 1. The van der Waals surface area contributed by atoms with E-state index in [1.165, 1.54) is 11.1 Å². The van der Waals surface area contributed by atoms with Crippen LogP contribution < -0.4 is 10.1 Å². The molecule has 0 atom stereocenters. The molecule has 0 aliphatic carbocycles. The molecule has 1 heterocycles. The van der Waals surface area contributed by atoms with Crippen LogP contribution in [0.3, 0.4) is 0 Å². The molecule has 0 unspecified atom stereocenters. The Kier molecular flexibility index (Phi) is 4.51. The smallest absolute Gasteiger partial charge is 0.125 e. The van der Waals surface area contributed by atoms with Gasteiger partial charge in [-0.25, -0.2) is 4.98 Å². The molecule has 3 nitrogen and oxygen atoms in total. The number of nitrogens with one attached hydrogen (secondary N) is 1. The van der Waals surface area contributed by atoms with Crippen LogP contribution >= 0.6 is 0 Å². The topological polar surface area (TPSA) is 34.1 Å². The summed E-state index contributed by atoms with van der Waals surface area (Å²) in [6.07, 6.45) is 1.84. The van der Waals surface area contributed by atoms with Crippen LogP contribution in [0.5, 0.6) is 5.75 Å². The summed E-state index contributed by atoms with van der Waals surface area (Å²) < 4.78 is 5.90. The average Bonchev–Trinajstić information content (AvgIpc) is 2.45. The number of aromatic nitrogens is 1. The van der Waals surface area contributed by atoms with Crippen molar-refractivity contribution >= 4 is 5.82 Å². The van der Waals surface area contributed by atoms with Crippen LogP contribution in [0.25, 0.3) is 0 Å². The molecule has 0 aliphatic heterocycles. The van der Waals surface area contributed by atoms with E-state index in [1.807, 2.05) is 25.4 Å². The van der Waals surface area contributed by atoms with Gasteiger partial charge >= 0.3 is 0 Å². The van der Waals surface area contributed by atoms with Crippen molar-refractivity contribution in [1.82, 2.24) is 4.98 Å². The Morgan fingerprint density at radius 1 is 1.14 bits per heavy atom.